The number of hydrogen-bond acceptors (Lipinski definition) is 3. The van der Waals surface area contributed by atoms with Crippen molar-refractivity contribution >= 4 is 11.9 Å². The number of quaternary nitrogens is 1. The number of rotatable bonds is 2. The highest BCUT2D eigenvalue weighted by Crippen LogP contribution is 2.22. The summed E-state index contributed by atoms with van der Waals surface area (Å²) < 4.78 is 0.339. The average Bonchev–Trinajstić information content (AvgIpc) is 1.99. The number of likely N-dealkylation sites (N-methyl/N-ethyl adjacent to an activating group) is 1. The first-order valence-corrected chi connectivity index (χ1v) is 4.59. The summed E-state index contributed by atoms with van der Waals surface area (Å²) in [5.74, 6) is 0. The van der Waals surface area contributed by atoms with Crippen molar-refractivity contribution in [1.29, 1.82) is 0 Å². The van der Waals surface area contributed by atoms with Crippen LogP contribution in [0.15, 0.2) is 10.2 Å². The van der Waals surface area contributed by atoms with Gasteiger partial charge in [0.2, 0.25) is 0 Å². The second-order valence-corrected chi connectivity index (χ2v) is 4.25. The Morgan fingerprint density at radius 2 is 2.15 bits per heavy atom. The summed E-state index contributed by atoms with van der Waals surface area (Å²) in [4.78, 5) is 0. The third kappa shape index (κ3) is 2.14. The van der Waals surface area contributed by atoms with Crippen molar-refractivity contribution < 1.29 is 4.70 Å². The SMILES string of the molecule is CC1=N[N+](C)(CCN)N=CC1(C)C. The molecule has 4 nitrogen and oxygen atoms in total. The van der Waals surface area contributed by atoms with E-state index in [1.54, 1.807) is 0 Å². The van der Waals surface area contributed by atoms with Crippen LogP contribution in [-0.2, 0) is 0 Å². The largest absolute Gasteiger partial charge is 0.325 e. The average molecular weight is 183 g/mol. The van der Waals surface area contributed by atoms with Gasteiger partial charge in [-0.05, 0) is 20.8 Å². The summed E-state index contributed by atoms with van der Waals surface area (Å²) in [7, 11) is 1.96. The van der Waals surface area contributed by atoms with Gasteiger partial charge in [-0.25, -0.2) is 0 Å². The highest BCUT2D eigenvalue weighted by atomic mass is 15.8. The smallest absolute Gasteiger partial charge is 0.142 e. The van der Waals surface area contributed by atoms with E-state index in [0.29, 0.717) is 11.2 Å². The monoisotopic (exact) mass is 183 g/mol. The van der Waals surface area contributed by atoms with E-state index in [0.717, 1.165) is 12.3 Å². The molecule has 0 radical (unpaired) electrons. The fourth-order valence-corrected chi connectivity index (χ4v) is 1.19. The van der Waals surface area contributed by atoms with Gasteiger partial charge in [0.1, 0.15) is 13.6 Å². The molecule has 0 aromatic rings. The van der Waals surface area contributed by atoms with Crippen LogP contribution in [0.3, 0.4) is 0 Å². The lowest BCUT2D eigenvalue weighted by atomic mass is 9.89. The standard InChI is InChI=1S/C9H19N4/c1-8-9(2,3)7-11-13(4,12-8)6-5-10/h7H,5-6,10H2,1-4H3/q+1. The Morgan fingerprint density at radius 3 is 2.62 bits per heavy atom. The Bertz CT molecular complexity index is 254. The minimum absolute atomic E-state index is 0.00758. The predicted octanol–water partition coefficient (Wildman–Crippen LogP) is 0.793. The lowest BCUT2D eigenvalue weighted by molar-refractivity contribution is -0.922. The van der Waals surface area contributed by atoms with Crippen LogP contribution in [-0.4, -0.2) is 36.8 Å². The summed E-state index contributed by atoms with van der Waals surface area (Å²) in [5, 5.41) is 8.93. The second-order valence-electron chi connectivity index (χ2n) is 4.25. The lowest BCUT2D eigenvalue weighted by Crippen LogP contribution is -2.44. The van der Waals surface area contributed by atoms with E-state index in [-0.39, 0.29) is 5.41 Å². The Kier molecular flexibility index (Phi) is 2.54. The van der Waals surface area contributed by atoms with Crippen molar-refractivity contribution in [3.05, 3.63) is 0 Å². The molecule has 0 aromatic heterocycles. The molecule has 4 heteroatoms. The fraction of sp³-hybridized carbons (Fsp3) is 0.778. The molecule has 1 atom stereocenters. The maximum atomic E-state index is 5.50. The zero-order chi connectivity index (χ0) is 10.1. The molecule has 0 fully saturated rings. The van der Waals surface area contributed by atoms with Gasteiger partial charge in [0.05, 0.1) is 11.9 Å². The fourth-order valence-electron chi connectivity index (χ4n) is 1.19. The van der Waals surface area contributed by atoms with Crippen LogP contribution < -0.4 is 5.73 Å². The molecular weight excluding hydrogens is 164 g/mol. The highest BCUT2D eigenvalue weighted by molar-refractivity contribution is 6.01. The van der Waals surface area contributed by atoms with E-state index in [2.05, 4.69) is 24.1 Å². The van der Waals surface area contributed by atoms with Crippen LogP contribution in [0.5, 0.6) is 0 Å². The molecule has 1 aliphatic heterocycles. The first-order chi connectivity index (χ1) is 5.90. The second kappa shape index (κ2) is 3.20. The molecule has 0 aliphatic carbocycles. The van der Waals surface area contributed by atoms with Gasteiger partial charge in [-0.1, -0.05) is 14.9 Å². The maximum Gasteiger partial charge on any atom is 0.142 e. The first-order valence-electron chi connectivity index (χ1n) is 4.59. The molecule has 13 heavy (non-hydrogen) atoms. The number of nitrogens with two attached hydrogens (primary N) is 1. The van der Waals surface area contributed by atoms with Crippen molar-refractivity contribution in [3.63, 3.8) is 0 Å². The third-order valence-electron chi connectivity index (χ3n) is 2.48. The van der Waals surface area contributed by atoms with Gasteiger partial charge in [0, 0.05) is 12.0 Å². The Hall–Kier alpha value is -0.740. The molecule has 0 amide bonds. The molecule has 1 rings (SSSR count). The molecular formula is C9H19N4+. The van der Waals surface area contributed by atoms with Gasteiger partial charge in [0.15, 0.2) is 0 Å². The third-order valence-corrected chi connectivity index (χ3v) is 2.48. The summed E-state index contributed by atoms with van der Waals surface area (Å²) in [6, 6.07) is 0. The van der Waals surface area contributed by atoms with Gasteiger partial charge in [-0.3, -0.25) is 0 Å². The number of nitrogens with zero attached hydrogens (tertiary/aromatic N) is 3. The molecule has 2 N–H and O–H groups in total. The summed E-state index contributed by atoms with van der Waals surface area (Å²) in [5.41, 5.74) is 6.60. The van der Waals surface area contributed by atoms with Crippen LogP contribution in [0.2, 0.25) is 0 Å². The van der Waals surface area contributed by atoms with Gasteiger partial charge in [-0.2, -0.15) is 0 Å². The predicted molar refractivity (Wildman–Crippen MR) is 55.5 cm³/mol. The minimum atomic E-state index is -0.00758. The molecule has 1 unspecified atom stereocenters. The van der Waals surface area contributed by atoms with Crippen LogP contribution >= 0.6 is 0 Å². The van der Waals surface area contributed by atoms with Gasteiger partial charge >= 0.3 is 0 Å². The first kappa shape index (κ1) is 10.3. The van der Waals surface area contributed by atoms with E-state index >= 15 is 0 Å². The van der Waals surface area contributed by atoms with Gasteiger partial charge in [0.25, 0.3) is 0 Å². The van der Waals surface area contributed by atoms with Gasteiger partial charge < -0.3 is 5.73 Å². The molecule has 0 saturated carbocycles. The summed E-state index contributed by atoms with van der Waals surface area (Å²) in [6.07, 6.45) is 1.96. The van der Waals surface area contributed by atoms with Crippen LogP contribution in [0.25, 0.3) is 0 Å². The quantitative estimate of drug-likeness (QED) is 0.632. The topological polar surface area (TPSA) is 50.7 Å². The minimum Gasteiger partial charge on any atom is -0.325 e. The molecule has 74 valence electrons. The van der Waals surface area contributed by atoms with Crippen LogP contribution in [0, 0.1) is 5.41 Å². The molecule has 0 spiro atoms. The molecule has 1 aliphatic rings. The molecule has 0 bridgehead atoms. The maximum absolute atomic E-state index is 5.50. The van der Waals surface area contributed by atoms with E-state index < -0.39 is 0 Å². The number of hydrogen-bond donors (Lipinski definition) is 1. The Labute approximate surface area is 79.7 Å². The van der Waals surface area contributed by atoms with Crippen molar-refractivity contribution in [2.24, 2.45) is 21.4 Å². The Morgan fingerprint density at radius 1 is 1.54 bits per heavy atom. The van der Waals surface area contributed by atoms with Crippen molar-refractivity contribution in [2.45, 2.75) is 20.8 Å². The van der Waals surface area contributed by atoms with E-state index in [1.165, 1.54) is 0 Å². The summed E-state index contributed by atoms with van der Waals surface area (Å²) >= 11 is 0. The van der Waals surface area contributed by atoms with E-state index in [4.69, 9.17) is 5.73 Å². The Balaban J connectivity index is 2.88. The van der Waals surface area contributed by atoms with Crippen LogP contribution in [0.1, 0.15) is 20.8 Å². The molecule has 1 heterocycles. The zero-order valence-electron chi connectivity index (χ0n) is 8.91. The van der Waals surface area contributed by atoms with Crippen molar-refractivity contribution in [1.82, 2.24) is 0 Å². The molecule has 0 aromatic carbocycles. The summed E-state index contributed by atoms with van der Waals surface area (Å²) in [6.45, 7) is 7.62. The normalized spacial score (nSPS) is 31.6. The van der Waals surface area contributed by atoms with Gasteiger partial charge in [-0.15, -0.1) is 0 Å². The zero-order valence-corrected chi connectivity index (χ0v) is 8.91. The van der Waals surface area contributed by atoms with Crippen molar-refractivity contribution in [2.75, 3.05) is 20.1 Å². The van der Waals surface area contributed by atoms with Crippen molar-refractivity contribution in [3.8, 4) is 0 Å². The van der Waals surface area contributed by atoms with Crippen LogP contribution in [0.4, 0.5) is 0 Å². The highest BCUT2D eigenvalue weighted by Gasteiger charge is 2.32. The molecule has 0 saturated heterocycles. The van der Waals surface area contributed by atoms with E-state index in [9.17, 15) is 0 Å². The van der Waals surface area contributed by atoms with E-state index in [1.807, 2.05) is 20.2 Å². The lowest BCUT2D eigenvalue weighted by Gasteiger charge is -2.29.